The molecule has 0 aliphatic heterocycles. The van der Waals surface area contributed by atoms with Crippen LogP contribution < -0.4 is 4.74 Å². The van der Waals surface area contributed by atoms with Gasteiger partial charge in [0.15, 0.2) is 12.4 Å². The summed E-state index contributed by atoms with van der Waals surface area (Å²) in [5, 5.41) is 0. The fraction of sp³-hybridized carbons (Fsp3) is 0.412. The Bertz CT molecular complexity index is 544. The van der Waals surface area contributed by atoms with E-state index < -0.39 is 5.97 Å². The minimum atomic E-state index is -0.446. The van der Waals surface area contributed by atoms with Crippen LogP contribution >= 0.6 is 0 Å². The molecule has 114 valence electrons. The topological polar surface area (TPSA) is 52.6 Å². The normalized spacial score (nSPS) is 11.1. The summed E-state index contributed by atoms with van der Waals surface area (Å²) in [6.45, 7) is 7.36. The van der Waals surface area contributed by atoms with Crippen LogP contribution in [0.1, 0.15) is 50.0 Å². The third-order valence-corrected chi connectivity index (χ3v) is 3.11. The number of esters is 1. The Morgan fingerprint density at radius 3 is 2.48 bits per heavy atom. The van der Waals surface area contributed by atoms with E-state index in [-0.39, 0.29) is 12.4 Å². The van der Waals surface area contributed by atoms with E-state index in [2.05, 4.69) is 6.92 Å². The lowest BCUT2D eigenvalue weighted by Crippen LogP contribution is -2.15. The number of allylic oxidation sites excluding steroid dienone is 2. The highest BCUT2D eigenvalue weighted by Gasteiger charge is 2.13. The van der Waals surface area contributed by atoms with Gasteiger partial charge in [0.05, 0.1) is 12.2 Å². The van der Waals surface area contributed by atoms with Crippen molar-refractivity contribution in [2.75, 3.05) is 13.2 Å². The average Bonchev–Trinajstić information content (AvgIpc) is 2.47. The Labute approximate surface area is 125 Å². The van der Waals surface area contributed by atoms with Crippen molar-refractivity contribution in [3.05, 3.63) is 35.4 Å². The fourth-order valence-corrected chi connectivity index (χ4v) is 2.04. The SMILES string of the molecule is C/C=C(\CC)c1ccc(OCC(=O)OCC)c(C(C)=O)c1. The van der Waals surface area contributed by atoms with E-state index in [4.69, 9.17) is 9.47 Å². The third-order valence-electron chi connectivity index (χ3n) is 3.11. The van der Waals surface area contributed by atoms with Crippen LogP contribution in [0.2, 0.25) is 0 Å². The Kier molecular flexibility index (Phi) is 6.66. The highest BCUT2D eigenvalue weighted by molar-refractivity contribution is 5.97. The van der Waals surface area contributed by atoms with Crippen LogP contribution in [-0.2, 0) is 9.53 Å². The second-order valence-electron chi connectivity index (χ2n) is 4.53. The minimum absolute atomic E-state index is 0.0951. The quantitative estimate of drug-likeness (QED) is 0.568. The molecule has 1 aromatic rings. The summed E-state index contributed by atoms with van der Waals surface area (Å²) in [6, 6.07) is 5.43. The van der Waals surface area contributed by atoms with Crippen LogP contribution in [0.25, 0.3) is 5.57 Å². The van der Waals surface area contributed by atoms with Gasteiger partial charge in [-0.05, 0) is 50.5 Å². The van der Waals surface area contributed by atoms with Crippen LogP contribution in [0.3, 0.4) is 0 Å². The van der Waals surface area contributed by atoms with Crippen molar-refractivity contribution in [3.63, 3.8) is 0 Å². The van der Waals surface area contributed by atoms with Gasteiger partial charge < -0.3 is 9.47 Å². The molecule has 0 fully saturated rings. The molecule has 0 atom stereocenters. The maximum absolute atomic E-state index is 11.8. The number of rotatable bonds is 7. The molecule has 0 heterocycles. The summed E-state index contributed by atoms with van der Waals surface area (Å²) >= 11 is 0. The number of ether oxygens (including phenoxy) is 2. The predicted octanol–water partition coefficient (Wildman–Crippen LogP) is 3.64. The van der Waals surface area contributed by atoms with E-state index in [9.17, 15) is 9.59 Å². The van der Waals surface area contributed by atoms with Gasteiger partial charge in [-0.3, -0.25) is 4.79 Å². The maximum atomic E-state index is 11.8. The molecule has 1 rings (SSSR count). The van der Waals surface area contributed by atoms with E-state index in [0.717, 1.165) is 17.6 Å². The first kappa shape index (κ1) is 17.0. The van der Waals surface area contributed by atoms with Gasteiger partial charge in [-0.2, -0.15) is 0 Å². The highest BCUT2D eigenvalue weighted by Crippen LogP contribution is 2.26. The Morgan fingerprint density at radius 1 is 1.24 bits per heavy atom. The Hall–Kier alpha value is -2.10. The van der Waals surface area contributed by atoms with Crippen LogP contribution in [-0.4, -0.2) is 25.0 Å². The lowest BCUT2D eigenvalue weighted by Gasteiger charge is -2.12. The second kappa shape index (κ2) is 8.25. The molecule has 0 saturated carbocycles. The van der Waals surface area contributed by atoms with Crippen molar-refractivity contribution in [3.8, 4) is 5.75 Å². The van der Waals surface area contributed by atoms with Gasteiger partial charge in [-0.1, -0.05) is 19.1 Å². The van der Waals surface area contributed by atoms with Gasteiger partial charge in [-0.25, -0.2) is 4.79 Å². The van der Waals surface area contributed by atoms with E-state index in [0.29, 0.717) is 17.9 Å². The van der Waals surface area contributed by atoms with Gasteiger partial charge in [-0.15, -0.1) is 0 Å². The summed E-state index contributed by atoms with van der Waals surface area (Å²) in [5.74, 6) is -0.132. The zero-order valence-corrected chi connectivity index (χ0v) is 13.1. The van der Waals surface area contributed by atoms with E-state index in [1.165, 1.54) is 6.92 Å². The zero-order chi connectivity index (χ0) is 15.8. The molecule has 0 aliphatic carbocycles. The first-order valence-corrected chi connectivity index (χ1v) is 7.12. The first-order chi connectivity index (χ1) is 10.0. The minimum Gasteiger partial charge on any atom is -0.481 e. The fourth-order valence-electron chi connectivity index (χ4n) is 2.04. The van der Waals surface area contributed by atoms with Crippen molar-refractivity contribution in [2.45, 2.75) is 34.1 Å². The molecule has 0 bridgehead atoms. The van der Waals surface area contributed by atoms with Crippen molar-refractivity contribution < 1.29 is 19.1 Å². The summed E-state index contributed by atoms with van der Waals surface area (Å²) in [5.41, 5.74) is 2.63. The molecule has 0 aliphatic rings. The zero-order valence-electron chi connectivity index (χ0n) is 13.1. The Morgan fingerprint density at radius 2 is 1.95 bits per heavy atom. The molecule has 4 heteroatoms. The average molecular weight is 290 g/mol. The van der Waals surface area contributed by atoms with E-state index in [1.54, 1.807) is 13.0 Å². The standard InChI is InChI=1S/C17H22O4/c1-5-13(6-2)14-8-9-16(15(10-14)12(4)18)21-11-17(19)20-7-3/h5,8-10H,6-7,11H2,1-4H3/b13-5+. The van der Waals surface area contributed by atoms with Gasteiger partial charge in [0.1, 0.15) is 5.75 Å². The van der Waals surface area contributed by atoms with Crippen LogP contribution in [0.4, 0.5) is 0 Å². The monoisotopic (exact) mass is 290 g/mol. The van der Waals surface area contributed by atoms with Gasteiger partial charge in [0, 0.05) is 0 Å². The summed E-state index contributed by atoms with van der Waals surface area (Å²) in [6.07, 6.45) is 2.91. The van der Waals surface area contributed by atoms with Crippen LogP contribution in [0.5, 0.6) is 5.75 Å². The first-order valence-electron chi connectivity index (χ1n) is 7.12. The number of carbonyl (C=O) groups excluding carboxylic acids is 2. The number of hydrogen-bond donors (Lipinski definition) is 0. The molecule has 4 nitrogen and oxygen atoms in total. The second-order valence-corrected chi connectivity index (χ2v) is 4.53. The largest absolute Gasteiger partial charge is 0.481 e. The number of carbonyl (C=O) groups is 2. The molecule has 0 N–H and O–H groups in total. The summed E-state index contributed by atoms with van der Waals surface area (Å²) in [4.78, 5) is 23.1. The van der Waals surface area contributed by atoms with Gasteiger partial charge >= 0.3 is 5.97 Å². The molecular formula is C17H22O4. The third kappa shape index (κ3) is 4.74. The molecule has 0 aromatic heterocycles. The van der Waals surface area contributed by atoms with Crippen molar-refractivity contribution in [2.24, 2.45) is 0 Å². The highest BCUT2D eigenvalue weighted by atomic mass is 16.6. The number of Topliss-reactive ketones (excluding diaryl/α,β-unsaturated/α-hetero) is 1. The molecule has 0 radical (unpaired) electrons. The van der Waals surface area contributed by atoms with Crippen molar-refractivity contribution in [1.29, 1.82) is 0 Å². The molecule has 0 unspecified atom stereocenters. The summed E-state index contributed by atoms with van der Waals surface area (Å²) in [7, 11) is 0. The molecule has 21 heavy (non-hydrogen) atoms. The smallest absolute Gasteiger partial charge is 0.344 e. The Balaban J connectivity index is 3.00. The lowest BCUT2D eigenvalue weighted by atomic mass is 9.99. The lowest BCUT2D eigenvalue weighted by molar-refractivity contribution is -0.145. The number of hydrogen-bond acceptors (Lipinski definition) is 4. The molecule has 0 amide bonds. The van der Waals surface area contributed by atoms with E-state index in [1.807, 2.05) is 25.1 Å². The number of benzene rings is 1. The van der Waals surface area contributed by atoms with Gasteiger partial charge in [0.25, 0.3) is 0 Å². The van der Waals surface area contributed by atoms with Crippen LogP contribution in [0.15, 0.2) is 24.3 Å². The molecular weight excluding hydrogens is 268 g/mol. The van der Waals surface area contributed by atoms with Crippen molar-refractivity contribution >= 4 is 17.3 Å². The predicted molar refractivity (Wildman–Crippen MR) is 82.5 cm³/mol. The number of ketones is 1. The molecule has 0 saturated heterocycles. The maximum Gasteiger partial charge on any atom is 0.344 e. The molecule has 0 spiro atoms. The molecule has 1 aromatic carbocycles. The summed E-state index contributed by atoms with van der Waals surface area (Å²) < 4.78 is 10.2. The van der Waals surface area contributed by atoms with Crippen LogP contribution in [0, 0.1) is 0 Å². The van der Waals surface area contributed by atoms with Crippen molar-refractivity contribution in [1.82, 2.24) is 0 Å². The van der Waals surface area contributed by atoms with Gasteiger partial charge in [0.2, 0.25) is 0 Å². The van der Waals surface area contributed by atoms with E-state index >= 15 is 0 Å².